The van der Waals surface area contributed by atoms with Gasteiger partial charge in [-0.05, 0) is 82.4 Å². The molecule has 3 nitrogen and oxygen atoms in total. The summed E-state index contributed by atoms with van der Waals surface area (Å²) in [7, 11) is 0. The molecule has 18 heavy (non-hydrogen) atoms. The lowest BCUT2D eigenvalue weighted by Gasteiger charge is -2.03. The van der Waals surface area contributed by atoms with Gasteiger partial charge in [-0.2, -0.15) is 0 Å². The lowest BCUT2D eigenvalue weighted by molar-refractivity contribution is -0.132. The van der Waals surface area contributed by atoms with Gasteiger partial charge in [0.1, 0.15) is 0 Å². The summed E-state index contributed by atoms with van der Waals surface area (Å²) in [6, 6.07) is 7.89. The van der Waals surface area contributed by atoms with Crippen LogP contribution in [-0.2, 0) is 4.79 Å². The monoisotopic (exact) mass is 465 g/mol. The lowest BCUT2D eigenvalue weighted by atomic mass is 10.2. The summed E-state index contributed by atoms with van der Waals surface area (Å²) in [4.78, 5) is 15.2. The van der Waals surface area contributed by atoms with Crippen LogP contribution in [-0.4, -0.2) is 16.1 Å². The third-order valence-corrected chi connectivity index (χ3v) is 3.96. The number of aliphatic carboxylic acids is 1. The van der Waals surface area contributed by atoms with Crippen molar-refractivity contribution in [2.75, 3.05) is 0 Å². The number of nitrogens with zero attached hydrogens (tertiary/aromatic N) is 1. The van der Waals surface area contributed by atoms with E-state index in [9.17, 15) is 4.79 Å². The van der Waals surface area contributed by atoms with Gasteiger partial charge in [-0.25, -0.2) is 9.78 Å². The van der Waals surface area contributed by atoms with Crippen LogP contribution < -0.4 is 0 Å². The van der Waals surface area contributed by atoms with Gasteiger partial charge in [-0.15, -0.1) is 0 Å². The van der Waals surface area contributed by atoms with Crippen LogP contribution in [0.5, 0.6) is 0 Å². The zero-order valence-corrected chi connectivity index (χ0v) is 13.8. The van der Waals surface area contributed by atoms with Crippen molar-refractivity contribution in [3.8, 4) is 0 Å². The van der Waals surface area contributed by atoms with E-state index in [1.54, 1.807) is 13.0 Å². The number of halogens is 2. The molecule has 0 aliphatic carbocycles. The van der Waals surface area contributed by atoms with Crippen molar-refractivity contribution in [2.45, 2.75) is 6.92 Å². The standard InChI is InChI=1S/C13H9I2NO2/c1-7(13(17)18)4-9-2-3-10-11(15)5-8(14)6-12(10)16-9/h2-6H,1H3,(H,17,18)/b7-4+. The zero-order chi connectivity index (χ0) is 13.3. The molecule has 0 saturated heterocycles. The molecule has 0 radical (unpaired) electrons. The van der Waals surface area contributed by atoms with Crippen LogP contribution in [0.2, 0.25) is 0 Å². The SMILES string of the molecule is C/C(=C\c1ccc2c(I)cc(I)cc2n1)C(=O)O. The number of benzene rings is 1. The summed E-state index contributed by atoms with van der Waals surface area (Å²) in [5.74, 6) is -0.922. The van der Waals surface area contributed by atoms with Crippen LogP contribution in [0.3, 0.4) is 0 Å². The minimum absolute atomic E-state index is 0.280. The van der Waals surface area contributed by atoms with Crippen LogP contribution >= 0.6 is 45.2 Å². The van der Waals surface area contributed by atoms with Crippen molar-refractivity contribution in [1.82, 2.24) is 4.98 Å². The lowest BCUT2D eigenvalue weighted by Crippen LogP contribution is -1.96. The van der Waals surface area contributed by atoms with E-state index in [0.29, 0.717) is 5.69 Å². The van der Waals surface area contributed by atoms with E-state index in [1.165, 1.54) is 0 Å². The molecule has 0 spiro atoms. The first-order chi connectivity index (χ1) is 8.47. The normalized spacial score (nSPS) is 11.8. The van der Waals surface area contributed by atoms with Crippen LogP contribution in [0, 0.1) is 7.14 Å². The molecule has 0 bridgehead atoms. The van der Waals surface area contributed by atoms with E-state index in [0.717, 1.165) is 18.0 Å². The number of carbonyl (C=O) groups is 1. The quantitative estimate of drug-likeness (QED) is 0.541. The number of fused-ring (bicyclic) bond motifs is 1. The minimum Gasteiger partial charge on any atom is -0.478 e. The first kappa shape index (κ1) is 13.7. The number of carboxylic acid groups (broad SMARTS) is 1. The van der Waals surface area contributed by atoms with Gasteiger partial charge >= 0.3 is 5.97 Å². The molecule has 0 unspecified atom stereocenters. The average molecular weight is 465 g/mol. The Morgan fingerprint density at radius 1 is 1.33 bits per heavy atom. The number of aromatic nitrogens is 1. The molecule has 1 aromatic carbocycles. The fourth-order valence-corrected chi connectivity index (χ4v) is 3.53. The Morgan fingerprint density at radius 3 is 2.72 bits per heavy atom. The van der Waals surface area contributed by atoms with Crippen LogP contribution in [0.15, 0.2) is 29.8 Å². The van der Waals surface area contributed by atoms with E-state index >= 15 is 0 Å². The molecule has 1 N–H and O–H groups in total. The van der Waals surface area contributed by atoms with Gasteiger partial charge in [0, 0.05) is 18.1 Å². The van der Waals surface area contributed by atoms with Crippen molar-refractivity contribution in [1.29, 1.82) is 0 Å². The summed E-state index contributed by atoms with van der Waals surface area (Å²) in [6.07, 6.45) is 1.58. The second kappa shape index (κ2) is 5.52. The van der Waals surface area contributed by atoms with Gasteiger partial charge in [0.25, 0.3) is 0 Å². The number of carboxylic acids is 1. The summed E-state index contributed by atoms with van der Waals surface area (Å²) in [6.45, 7) is 1.56. The van der Waals surface area contributed by atoms with Gasteiger partial charge < -0.3 is 5.11 Å². The highest BCUT2D eigenvalue weighted by Crippen LogP contribution is 2.23. The maximum atomic E-state index is 10.8. The maximum absolute atomic E-state index is 10.8. The van der Waals surface area contributed by atoms with E-state index < -0.39 is 5.97 Å². The van der Waals surface area contributed by atoms with E-state index in [1.807, 2.05) is 18.2 Å². The van der Waals surface area contributed by atoms with E-state index in [-0.39, 0.29) is 5.57 Å². The molecule has 2 aromatic rings. The molecular weight excluding hydrogens is 456 g/mol. The predicted molar refractivity (Wildman–Crippen MR) is 88.5 cm³/mol. The topological polar surface area (TPSA) is 50.2 Å². The molecule has 0 atom stereocenters. The highest BCUT2D eigenvalue weighted by Gasteiger charge is 2.04. The fourth-order valence-electron chi connectivity index (χ4n) is 1.54. The molecule has 0 saturated carbocycles. The van der Waals surface area contributed by atoms with Crippen molar-refractivity contribution in [3.05, 3.63) is 42.7 Å². The number of hydrogen-bond donors (Lipinski definition) is 1. The van der Waals surface area contributed by atoms with Crippen LogP contribution in [0.25, 0.3) is 17.0 Å². The van der Waals surface area contributed by atoms with Crippen molar-refractivity contribution < 1.29 is 9.90 Å². The zero-order valence-electron chi connectivity index (χ0n) is 9.45. The molecule has 1 heterocycles. The second-order valence-corrected chi connectivity index (χ2v) is 6.23. The largest absolute Gasteiger partial charge is 0.478 e. The molecule has 0 fully saturated rings. The van der Waals surface area contributed by atoms with Gasteiger partial charge in [-0.1, -0.05) is 0 Å². The highest BCUT2D eigenvalue weighted by molar-refractivity contribution is 14.1. The number of rotatable bonds is 2. The number of hydrogen-bond acceptors (Lipinski definition) is 2. The molecule has 0 amide bonds. The maximum Gasteiger partial charge on any atom is 0.331 e. The Morgan fingerprint density at radius 2 is 2.06 bits per heavy atom. The fraction of sp³-hybridized carbons (Fsp3) is 0.0769. The molecule has 1 aromatic heterocycles. The third kappa shape index (κ3) is 3.00. The first-order valence-electron chi connectivity index (χ1n) is 5.15. The minimum atomic E-state index is -0.922. The van der Waals surface area contributed by atoms with Gasteiger partial charge in [-0.3, -0.25) is 0 Å². The van der Waals surface area contributed by atoms with Gasteiger partial charge in [0.05, 0.1) is 11.2 Å². The Labute approximate surface area is 132 Å². The Kier molecular flexibility index (Phi) is 4.21. The molecule has 0 aliphatic rings. The van der Waals surface area contributed by atoms with Crippen molar-refractivity contribution in [2.24, 2.45) is 0 Å². The molecule has 2 rings (SSSR count). The molecule has 0 aliphatic heterocycles. The third-order valence-electron chi connectivity index (χ3n) is 2.44. The smallest absolute Gasteiger partial charge is 0.331 e. The Bertz CT molecular complexity index is 665. The average Bonchev–Trinajstić information content (AvgIpc) is 2.27. The van der Waals surface area contributed by atoms with Crippen LogP contribution in [0.4, 0.5) is 0 Å². The van der Waals surface area contributed by atoms with Gasteiger partial charge in [0.15, 0.2) is 0 Å². The highest BCUT2D eigenvalue weighted by atomic mass is 127. The predicted octanol–water partition coefficient (Wildman–Crippen LogP) is 3.93. The first-order valence-corrected chi connectivity index (χ1v) is 7.30. The summed E-state index contributed by atoms with van der Waals surface area (Å²) >= 11 is 4.52. The Balaban J connectivity index is 2.57. The van der Waals surface area contributed by atoms with Crippen molar-refractivity contribution in [3.63, 3.8) is 0 Å². The second-order valence-electron chi connectivity index (χ2n) is 3.82. The van der Waals surface area contributed by atoms with E-state index in [2.05, 4.69) is 56.2 Å². The van der Waals surface area contributed by atoms with Crippen molar-refractivity contribution >= 4 is 68.1 Å². The van der Waals surface area contributed by atoms with Gasteiger partial charge in [0.2, 0.25) is 0 Å². The van der Waals surface area contributed by atoms with E-state index in [4.69, 9.17) is 5.11 Å². The number of pyridine rings is 1. The molecular formula is C13H9I2NO2. The Hall–Kier alpha value is -0.700. The molecule has 92 valence electrons. The van der Waals surface area contributed by atoms with Crippen LogP contribution in [0.1, 0.15) is 12.6 Å². The molecule has 5 heteroatoms. The summed E-state index contributed by atoms with van der Waals surface area (Å²) < 4.78 is 2.26. The summed E-state index contributed by atoms with van der Waals surface area (Å²) in [5.41, 5.74) is 1.83. The summed E-state index contributed by atoms with van der Waals surface area (Å²) in [5, 5.41) is 9.93.